The average molecular weight is 828 g/mol. The molecule has 0 fully saturated rings. The van der Waals surface area contributed by atoms with Crippen molar-refractivity contribution in [2.24, 2.45) is 0 Å². The summed E-state index contributed by atoms with van der Waals surface area (Å²) in [4.78, 5) is 2.43. The zero-order chi connectivity index (χ0) is 43.3. The fraction of sp³-hybridized carbons (Fsp3) is 0.0625. The summed E-state index contributed by atoms with van der Waals surface area (Å²) in [5.74, 6) is 0. The second-order valence-corrected chi connectivity index (χ2v) is 18.4. The number of hydrogen-bond acceptors (Lipinski definition) is 1. The summed E-state index contributed by atoms with van der Waals surface area (Å²) >= 11 is 0. The molecule has 0 saturated carbocycles. The van der Waals surface area contributed by atoms with Crippen molar-refractivity contribution in [2.45, 2.75) is 24.7 Å². The van der Waals surface area contributed by atoms with Crippen LogP contribution in [0.25, 0.3) is 66.8 Å². The summed E-state index contributed by atoms with van der Waals surface area (Å²) in [5.41, 5.74) is 26.2. The van der Waals surface area contributed by atoms with Gasteiger partial charge in [0.15, 0.2) is 0 Å². The first kappa shape index (κ1) is 37.5. The number of nitrogens with zero attached hydrogens (tertiary/aromatic N) is 1. The Morgan fingerprint density at radius 2 is 0.677 bits per heavy atom. The first-order chi connectivity index (χ1) is 32.0. The maximum Gasteiger partial charge on any atom is 0.0726 e. The smallest absolute Gasteiger partial charge is 0.0726 e. The van der Waals surface area contributed by atoms with E-state index in [2.05, 4.69) is 255 Å². The third kappa shape index (κ3) is 5.39. The number of hydrogen-bond donors (Lipinski definition) is 0. The third-order valence-electron chi connectivity index (χ3n) is 14.7. The monoisotopic (exact) mass is 827 g/mol. The second-order valence-electron chi connectivity index (χ2n) is 18.4. The highest BCUT2D eigenvalue weighted by molar-refractivity contribution is 6.07. The van der Waals surface area contributed by atoms with Crippen LogP contribution in [-0.4, -0.2) is 0 Å². The zero-order valence-corrected chi connectivity index (χ0v) is 36.5. The number of benzene rings is 10. The number of fused-ring (bicyclic) bond motifs is 13. The Labute approximate surface area is 381 Å². The van der Waals surface area contributed by atoms with E-state index in [-0.39, 0.29) is 5.41 Å². The molecule has 1 spiro atoms. The van der Waals surface area contributed by atoms with Gasteiger partial charge < -0.3 is 4.90 Å². The predicted molar refractivity (Wildman–Crippen MR) is 271 cm³/mol. The normalized spacial score (nSPS) is 13.9. The molecule has 0 heterocycles. The number of anilines is 3. The fourth-order valence-corrected chi connectivity index (χ4v) is 11.8. The molecule has 0 N–H and O–H groups in total. The van der Waals surface area contributed by atoms with Gasteiger partial charge in [-0.2, -0.15) is 0 Å². The molecule has 0 radical (unpaired) electrons. The molecule has 306 valence electrons. The van der Waals surface area contributed by atoms with Crippen molar-refractivity contribution in [3.05, 3.63) is 270 Å². The minimum atomic E-state index is -0.546. The Hall–Kier alpha value is -8.00. The summed E-state index contributed by atoms with van der Waals surface area (Å²) < 4.78 is 0. The van der Waals surface area contributed by atoms with Crippen LogP contribution in [0.1, 0.15) is 47.2 Å². The molecule has 0 amide bonds. The third-order valence-corrected chi connectivity index (χ3v) is 14.7. The van der Waals surface area contributed by atoms with Crippen molar-refractivity contribution >= 4 is 17.1 Å². The van der Waals surface area contributed by atoms with Gasteiger partial charge in [-0.15, -0.1) is 0 Å². The second kappa shape index (κ2) is 14.3. The number of rotatable bonds is 6. The molecule has 0 aliphatic heterocycles. The van der Waals surface area contributed by atoms with E-state index in [1.54, 1.807) is 0 Å². The SMILES string of the molecule is CC1(C)c2ccccc2-c2c1cc1c(c2-c2ccccc2)-c2ccc(N(c3ccccc3)c3ccc(-c4ccc(-c5ccccc5)cc4)cc3)cc2C12c1ccccc1-c1ccccc12. The lowest BCUT2D eigenvalue weighted by Gasteiger charge is -2.33. The number of para-hydroxylation sites is 1. The van der Waals surface area contributed by atoms with E-state index in [0.717, 1.165) is 17.1 Å². The van der Waals surface area contributed by atoms with Gasteiger partial charge in [0.05, 0.1) is 5.41 Å². The Kier molecular flexibility index (Phi) is 8.24. The molecule has 0 saturated heterocycles. The molecule has 0 aromatic heterocycles. The van der Waals surface area contributed by atoms with Crippen LogP contribution < -0.4 is 4.90 Å². The van der Waals surface area contributed by atoms with E-state index < -0.39 is 5.41 Å². The molecule has 1 heteroatoms. The van der Waals surface area contributed by atoms with Gasteiger partial charge in [-0.1, -0.05) is 214 Å². The Morgan fingerprint density at radius 1 is 0.262 bits per heavy atom. The molecule has 3 aliphatic carbocycles. The van der Waals surface area contributed by atoms with Crippen LogP contribution in [0, 0.1) is 0 Å². The lowest BCUT2D eigenvalue weighted by atomic mass is 9.69. The quantitative estimate of drug-likeness (QED) is 0.161. The van der Waals surface area contributed by atoms with Crippen LogP contribution in [0.5, 0.6) is 0 Å². The molecule has 10 aromatic carbocycles. The van der Waals surface area contributed by atoms with Crippen molar-refractivity contribution in [2.75, 3.05) is 4.90 Å². The first-order valence-corrected chi connectivity index (χ1v) is 22.8. The van der Waals surface area contributed by atoms with Crippen LogP contribution in [0.4, 0.5) is 17.1 Å². The van der Waals surface area contributed by atoms with Gasteiger partial charge in [0, 0.05) is 22.5 Å². The standard InChI is InChI=1S/C64H45N/c1-63(2)54-27-15-14-26-52(54)61-58(63)41-59-62(60(61)46-20-8-4-9-21-46)53-39-38-49(40-57(53)64(59)55-28-16-12-24-50(55)51-25-13-17-29-56(51)64)65(47-22-10-5-11-23-47)48-36-34-45(35-37-48)44-32-30-43(31-33-44)42-18-6-3-7-19-42/h3-41H,1-2H3. The van der Waals surface area contributed by atoms with Crippen LogP contribution in [-0.2, 0) is 10.8 Å². The Morgan fingerprint density at radius 3 is 1.28 bits per heavy atom. The lowest BCUT2D eigenvalue weighted by molar-refractivity contribution is 0.657. The largest absolute Gasteiger partial charge is 0.310 e. The maximum atomic E-state index is 2.62. The molecule has 1 nitrogen and oxygen atoms in total. The van der Waals surface area contributed by atoms with E-state index in [0.29, 0.717) is 0 Å². The van der Waals surface area contributed by atoms with Crippen LogP contribution in [0.3, 0.4) is 0 Å². The highest BCUT2D eigenvalue weighted by Gasteiger charge is 2.54. The summed E-state index contributed by atoms with van der Waals surface area (Å²) in [6, 6.07) is 88.1. The van der Waals surface area contributed by atoms with Crippen molar-refractivity contribution in [3.63, 3.8) is 0 Å². The molecular formula is C64H45N. The molecule has 13 rings (SSSR count). The summed E-state index contributed by atoms with van der Waals surface area (Å²) in [5, 5.41) is 0. The van der Waals surface area contributed by atoms with Crippen molar-refractivity contribution in [3.8, 4) is 66.8 Å². The summed E-state index contributed by atoms with van der Waals surface area (Å²) in [6.45, 7) is 4.84. The average Bonchev–Trinajstić information content (AvgIpc) is 3.92. The van der Waals surface area contributed by atoms with E-state index >= 15 is 0 Å². The Balaban J connectivity index is 1.05. The van der Waals surface area contributed by atoms with Crippen LogP contribution in [0.2, 0.25) is 0 Å². The van der Waals surface area contributed by atoms with Gasteiger partial charge >= 0.3 is 0 Å². The van der Waals surface area contributed by atoms with Crippen molar-refractivity contribution in [1.82, 2.24) is 0 Å². The van der Waals surface area contributed by atoms with E-state index in [1.165, 1.54) is 100 Å². The predicted octanol–water partition coefficient (Wildman–Crippen LogP) is 16.8. The van der Waals surface area contributed by atoms with Gasteiger partial charge in [0.25, 0.3) is 0 Å². The van der Waals surface area contributed by atoms with Gasteiger partial charge in [-0.05, 0) is 137 Å². The highest BCUT2D eigenvalue weighted by Crippen LogP contribution is 2.67. The maximum absolute atomic E-state index is 2.62. The van der Waals surface area contributed by atoms with Gasteiger partial charge in [0.2, 0.25) is 0 Å². The van der Waals surface area contributed by atoms with E-state index in [4.69, 9.17) is 0 Å². The molecule has 0 unspecified atom stereocenters. The van der Waals surface area contributed by atoms with E-state index in [9.17, 15) is 0 Å². The van der Waals surface area contributed by atoms with Crippen molar-refractivity contribution < 1.29 is 0 Å². The van der Waals surface area contributed by atoms with Crippen LogP contribution in [0.15, 0.2) is 237 Å². The fourth-order valence-electron chi connectivity index (χ4n) is 11.8. The molecule has 0 atom stereocenters. The van der Waals surface area contributed by atoms with Gasteiger partial charge in [0.1, 0.15) is 0 Å². The Bertz CT molecular complexity index is 3430. The molecule has 3 aliphatic rings. The lowest BCUT2D eigenvalue weighted by Crippen LogP contribution is -2.27. The molecule has 0 bridgehead atoms. The molecule has 65 heavy (non-hydrogen) atoms. The molecular weight excluding hydrogens is 783 g/mol. The topological polar surface area (TPSA) is 3.24 Å². The van der Waals surface area contributed by atoms with E-state index in [1.807, 2.05) is 0 Å². The minimum absolute atomic E-state index is 0.191. The van der Waals surface area contributed by atoms with Crippen LogP contribution >= 0.6 is 0 Å². The minimum Gasteiger partial charge on any atom is -0.310 e. The zero-order valence-electron chi connectivity index (χ0n) is 36.5. The van der Waals surface area contributed by atoms with Crippen molar-refractivity contribution in [1.29, 1.82) is 0 Å². The summed E-state index contributed by atoms with van der Waals surface area (Å²) in [7, 11) is 0. The first-order valence-electron chi connectivity index (χ1n) is 22.8. The van der Waals surface area contributed by atoms with Gasteiger partial charge in [-0.3, -0.25) is 0 Å². The summed E-state index contributed by atoms with van der Waals surface area (Å²) in [6.07, 6.45) is 0. The van der Waals surface area contributed by atoms with Gasteiger partial charge in [-0.25, -0.2) is 0 Å². The highest BCUT2D eigenvalue weighted by atomic mass is 15.1. The molecule has 10 aromatic rings.